The first kappa shape index (κ1) is 15.4. The molecule has 1 aromatic heterocycles. The zero-order valence-electron chi connectivity index (χ0n) is 12.5. The number of nitrogens with zero attached hydrogens (tertiary/aromatic N) is 1. The molecule has 21 heavy (non-hydrogen) atoms. The van der Waals surface area contributed by atoms with Crippen LogP contribution in [-0.4, -0.2) is 25.2 Å². The predicted molar refractivity (Wildman–Crippen MR) is 82.1 cm³/mol. The Bertz CT molecular complexity index is 560. The molecular formula is C17H21FN2O. The summed E-state index contributed by atoms with van der Waals surface area (Å²) >= 11 is 0. The molecular weight excluding hydrogens is 267 g/mol. The molecule has 0 bridgehead atoms. The van der Waals surface area contributed by atoms with E-state index in [9.17, 15) is 4.39 Å². The summed E-state index contributed by atoms with van der Waals surface area (Å²) in [5.41, 5.74) is 1.73. The second-order valence-corrected chi connectivity index (χ2v) is 4.98. The molecule has 1 atom stereocenters. The first-order valence-corrected chi connectivity index (χ1v) is 7.13. The molecule has 1 N–H and O–H groups in total. The summed E-state index contributed by atoms with van der Waals surface area (Å²) in [4.78, 5) is 4.32. The molecule has 2 rings (SSSR count). The summed E-state index contributed by atoms with van der Waals surface area (Å²) < 4.78 is 19.2. The third-order valence-electron chi connectivity index (χ3n) is 3.61. The molecule has 4 heteroatoms. The van der Waals surface area contributed by atoms with Gasteiger partial charge in [0.2, 0.25) is 0 Å². The Balaban J connectivity index is 1.99. The Hall–Kier alpha value is -1.94. The van der Waals surface area contributed by atoms with Gasteiger partial charge in [0, 0.05) is 17.9 Å². The van der Waals surface area contributed by atoms with Gasteiger partial charge < -0.3 is 10.1 Å². The molecule has 112 valence electrons. The molecule has 0 saturated heterocycles. The Kier molecular flexibility index (Phi) is 5.69. The van der Waals surface area contributed by atoms with E-state index in [1.165, 1.54) is 7.11 Å². The SMILES string of the molecule is CNC(CCc1ccccn1)Cc1cccc(OC)c1F. The molecule has 0 aliphatic rings. The highest BCUT2D eigenvalue weighted by molar-refractivity contribution is 5.31. The smallest absolute Gasteiger partial charge is 0.168 e. The van der Waals surface area contributed by atoms with Crippen LogP contribution in [-0.2, 0) is 12.8 Å². The van der Waals surface area contributed by atoms with E-state index in [1.54, 1.807) is 12.3 Å². The highest BCUT2D eigenvalue weighted by Gasteiger charge is 2.13. The van der Waals surface area contributed by atoms with Crippen molar-refractivity contribution < 1.29 is 9.13 Å². The number of halogens is 1. The van der Waals surface area contributed by atoms with Crippen molar-refractivity contribution in [2.24, 2.45) is 0 Å². The summed E-state index contributed by atoms with van der Waals surface area (Å²) in [6.45, 7) is 0. The Morgan fingerprint density at radius 2 is 2.10 bits per heavy atom. The number of pyridine rings is 1. The van der Waals surface area contributed by atoms with Crippen molar-refractivity contribution in [3.8, 4) is 5.75 Å². The normalized spacial score (nSPS) is 12.1. The predicted octanol–water partition coefficient (Wildman–Crippen LogP) is 2.99. The van der Waals surface area contributed by atoms with Gasteiger partial charge >= 0.3 is 0 Å². The fraction of sp³-hybridized carbons (Fsp3) is 0.353. The van der Waals surface area contributed by atoms with E-state index in [0.717, 1.165) is 18.5 Å². The molecule has 1 unspecified atom stereocenters. The maximum absolute atomic E-state index is 14.2. The number of hydrogen-bond acceptors (Lipinski definition) is 3. The molecule has 0 amide bonds. The number of aromatic nitrogens is 1. The third kappa shape index (κ3) is 4.26. The molecule has 0 saturated carbocycles. The van der Waals surface area contributed by atoms with Crippen LogP contribution in [0.3, 0.4) is 0 Å². The van der Waals surface area contributed by atoms with Gasteiger partial charge in [-0.05, 0) is 50.1 Å². The van der Waals surface area contributed by atoms with Crippen LogP contribution in [0.4, 0.5) is 4.39 Å². The Morgan fingerprint density at radius 1 is 1.24 bits per heavy atom. The van der Waals surface area contributed by atoms with Gasteiger partial charge in [0.25, 0.3) is 0 Å². The van der Waals surface area contributed by atoms with Crippen molar-refractivity contribution in [2.45, 2.75) is 25.3 Å². The number of rotatable bonds is 7. The number of ether oxygens (including phenoxy) is 1. The number of likely N-dealkylation sites (N-methyl/N-ethyl adjacent to an activating group) is 1. The summed E-state index contributed by atoms with van der Waals surface area (Å²) in [6.07, 6.45) is 4.21. The van der Waals surface area contributed by atoms with Gasteiger partial charge in [-0.1, -0.05) is 18.2 Å². The topological polar surface area (TPSA) is 34.2 Å². The number of nitrogens with one attached hydrogen (secondary N) is 1. The largest absolute Gasteiger partial charge is 0.494 e. The van der Waals surface area contributed by atoms with Crippen LogP contribution in [0.5, 0.6) is 5.75 Å². The van der Waals surface area contributed by atoms with E-state index < -0.39 is 0 Å². The summed E-state index contributed by atoms with van der Waals surface area (Å²) in [5, 5.41) is 3.25. The van der Waals surface area contributed by atoms with Crippen molar-refractivity contribution in [3.05, 3.63) is 59.7 Å². The first-order valence-electron chi connectivity index (χ1n) is 7.13. The molecule has 2 aromatic rings. The van der Waals surface area contributed by atoms with Crippen molar-refractivity contribution in [3.63, 3.8) is 0 Å². The van der Waals surface area contributed by atoms with Crippen LogP contribution in [0.1, 0.15) is 17.7 Å². The summed E-state index contributed by atoms with van der Waals surface area (Å²) in [7, 11) is 3.39. The standard InChI is InChI=1S/C17H21FN2O/c1-19-15(10-9-14-7-3-4-11-20-14)12-13-6-5-8-16(21-2)17(13)18/h3-8,11,15,19H,9-10,12H2,1-2H3. The van der Waals surface area contributed by atoms with E-state index in [1.807, 2.05) is 37.4 Å². The summed E-state index contributed by atoms with van der Waals surface area (Å²) in [6, 6.07) is 11.4. The van der Waals surface area contributed by atoms with Crippen molar-refractivity contribution in [1.29, 1.82) is 0 Å². The first-order chi connectivity index (χ1) is 10.2. The molecule has 3 nitrogen and oxygen atoms in total. The summed E-state index contributed by atoms with van der Waals surface area (Å²) in [5.74, 6) is 0.0326. The van der Waals surface area contributed by atoms with Gasteiger partial charge in [0.15, 0.2) is 11.6 Å². The Labute approximate surface area is 125 Å². The minimum absolute atomic E-state index is 0.202. The Morgan fingerprint density at radius 3 is 2.76 bits per heavy atom. The van der Waals surface area contributed by atoms with Gasteiger partial charge in [-0.3, -0.25) is 4.98 Å². The van der Waals surface area contributed by atoms with Crippen LogP contribution >= 0.6 is 0 Å². The van der Waals surface area contributed by atoms with Gasteiger partial charge in [0.1, 0.15) is 0 Å². The second kappa shape index (κ2) is 7.74. The molecule has 0 aliphatic carbocycles. The van der Waals surface area contributed by atoms with Gasteiger partial charge in [-0.25, -0.2) is 4.39 Å². The van der Waals surface area contributed by atoms with Crippen LogP contribution in [0.15, 0.2) is 42.6 Å². The molecule has 1 heterocycles. The fourth-order valence-electron chi connectivity index (χ4n) is 2.35. The van der Waals surface area contributed by atoms with E-state index >= 15 is 0 Å². The number of hydrogen-bond donors (Lipinski definition) is 1. The maximum atomic E-state index is 14.2. The van der Waals surface area contributed by atoms with Crippen molar-refractivity contribution in [2.75, 3.05) is 14.2 Å². The molecule has 0 spiro atoms. The van der Waals surface area contributed by atoms with Gasteiger partial charge in [-0.15, -0.1) is 0 Å². The lowest BCUT2D eigenvalue weighted by Crippen LogP contribution is -2.28. The highest BCUT2D eigenvalue weighted by atomic mass is 19.1. The lowest BCUT2D eigenvalue weighted by molar-refractivity contribution is 0.382. The average Bonchev–Trinajstić information content (AvgIpc) is 2.54. The van der Waals surface area contributed by atoms with Crippen LogP contribution in [0.2, 0.25) is 0 Å². The maximum Gasteiger partial charge on any atom is 0.168 e. The van der Waals surface area contributed by atoms with E-state index in [-0.39, 0.29) is 11.9 Å². The van der Waals surface area contributed by atoms with E-state index in [0.29, 0.717) is 17.7 Å². The lowest BCUT2D eigenvalue weighted by Gasteiger charge is -2.17. The van der Waals surface area contributed by atoms with Crippen LogP contribution < -0.4 is 10.1 Å². The zero-order chi connectivity index (χ0) is 15.1. The van der Waals surface area contributed by atoms with Crippen molar-refractivity contribution in [1.82, 2.24) is 10.3 Å². The molecule has 0 aliphatic heterocycles. The van der Waals surface area contributed by atoms with Crippen LogP contribution in [0, 0.1) is 5.82 Å². The number of benzene rings is 1. The van der Waals surface area contributed by atoms with E-state index in [2.05, 4.69) is 10.3 Å². The van der Waals surface area contributed by atoms with Gasteiger partial charge in [-0.2, -0.15) is 0 Å². The number of aryl methyl sites for hydroxylation is 1. The third-order valence-corrected chi connectivity index (χ3v) is 3.61. The number of methoxy groups -OCH3 is 1. The van der Waals surface area contributed by atoms with Gasteiger partial charge in [0.05, 0.1) is 7.11 Å². The van der Waals surface area contributed by atoms with Crippen molar-refractivity contribution >= 4 is 0 Å². The molecule has 1 aromatic carbocycles. The minimum Gasteiger partial charge on any atom is -0.494 e. The monoisotopic (exact) mass is 288 g/mol. The fourth-order valence-corrected chi connectivity index (χ4v) is 2.35. The molecule has 0 fully saturated rings. The average molecular weight is 288 g/mol. The zero-order valence-corrected chi connectivity index (χ0v) is 12.5. The minimum atomic E-state index is -0.266. The van der Waals surface area contributed by atoms with Crippen LogP contribution in [0.25, 0.3) is 0 Å². The second-order valence-electron chi connectivity index (χ2n) is 4.98. The highest BCUT2D eigenvalue weighted by Crippen LogP contribution is 2.21. The quantitative estimate of drug-likeness (QED) is 0.850. The lowest BCUT2D eigenvalue weighted by atomic mass is 10.00. The molecule has 0 radical (unpaired) electrons. The van der Waals surface area contributed by atoms with E-state index in [4.69, 9.17) is 4.74 Å².